The first-order valence-corrected chi connectivity index (χ1v) is 8.45. The zero-order valence-corrected chi connectivity index (χ0v) is 13.7. The molecule has 7 heteroatoms. The van der Waals surface area contributed by atoms with Crippen molar-refractivity contribution in [3.63, 3.8) is 0 Å². The highest BCUT2D eigenvalue weighted by Crippen LogP contribution is 2.28. The molecule has 0 aliphatic carbocycles. The molecule has 0 radical (unpaired) electrons. The lowest BCUT2D eigenvalue weighted by Crippen LogP contribution is -2.32. The molecule has 1 aliphatic rings. The maximum atomic E-state index is 5.71. The molecule has 0 spiro atoms. The third-order valence-corrected chi connectivity index (χ3v) is 4.80. The fourth-order valence-corrected chi connectivity index (χ4v) is 3.55. The molecule has 1 aliphatic heterocycles. The molecular formula is C16H18N4O2S. The van der Waals surface area contributed by atoms with E-state index in [4.69, 9.17) is 9.47 Å². The van der Waals surface area contributed by atoms with Crippen LogP contribution in [-0.4, -0.2) is 34.8 Å². The Bertz CT molecular complexity index is 800. The Morgan fingerprint density at radius 2 is 2.43 bits per heavy atom. The van der Waals surface area contributed by atoms with Gasteiger partial charge in [0.25, 0.3) is 0 Å². The summed E-state index contributed by atoms with van der Waals surface area (Å²) in [6, 6.07) is 6.26. The molecule has 1 aromatic carbocycles. The Morgan fingerprint density at radius 1 is 1.48 bits per heavy atom. The highest BCUT2D eigenvalue weighted by molar-refractivity contribution is 7.09. The summed E-state index contributed by atoms with van der Waals surface area (Å²) in [6.45, 7) is 2.85. The summed E-state index contributed by atoms with van der Waals surface area (Å²) in [7, 11) is 1.67. The number of imidazole rings is 1. The number of thiazole rings is 1. The third kappa shape index (κ3) is 2.83. The van der Waals surface area contributed by atoms with E-state index in [0.29, 0.717) is 13.2 Å². The van der Waals surface area contributed by atoms with Crippen molar-refractivity contribution in [2.24, 2.45) is 0 Å². The van der Waals surface area contributed by atoms with Crippen LogP contribution in [0.2, 0.25) is 0 Å². The first-order chi connectivity index (χ1) is 11.3. The molecule has 23 heavy (non-hydrogen) atoms. The summed E-state index contributed by atoms with van der Waals surface area (Å²) in [4.78, 5) is 8.98. The quantitative estimate of drug-likeness (QED) is 0.778. The number of hydrogen-bond donors (Lipinski definition) is 1. The fraction of sp³-hybridized carbons (Fsp3) is 0.375. The van der Waals surface area contributed by atoms with E-state index in [1.54, 1.807) is 18.4 Å². The maximum absolute atomic E-state index is 5.71. The highest BCUT2D eigenvalue weighted by atomic mass is 32.1. The summed E-state index contributed by atoms with van der Waals surface area (Å²) in [5.41, 5.74) is 2.08. The first-order valence-electron chi connectivity index (χ1n) is 7.57. The largest absolute Gasteiger partial charge is 0.497 e. The van der Waals surface area contributed by atoms with Crippen molar-refractivity contribution in [1.82, 2.24) is 19.9 Å². The molecule has 0 unspecified atom stereocenters. The van der Waals surface area contributed by atoms with Crippen molar-refractivity contribution in [3.8, 4) is 5.75 Å². The van der Waals surface area contributed by atoms with E-state index in [9.17, 15) is 0 Å². The van der Waals surface area contributed by atoms with Crippen molar-refractivity contribution in [2.45, 2.75) is 19.2 Å². The van der Waals surface area contributed by atoms with E-state index >= 15 is 0 Å². The lowest BCUT2D eigenvalue weighted by Gasteiger charge is -2.26. The Morgan fingerprint density at radius 3 is 3.26 bits per heavy atom. The van der Waals surface area contributed by atoms with Crippen LogP contribution in [0.25, 0.3) is 11.0 Å². The van der Waals surface area contributed by atoms with Crippen molar-refractivity contribution in [2.75, 3.05) is 20.3 Å². The smallest absolute Gasteiger partial charge is 0.136 e. The maximum Gasteiger partial charge on any atom is 0.136 e. The minimum atomic E-state index is 0.233. The van der Waals surface area contributed by atoms with E-state index in [-0.39, 0.29) is 6.04 Å². The summed E-state index contributed by atoms with van der Waals surface area (Å²) in [6.07, 6.45) is 1.83. The SMILES string of the molecule is COc1ccc2c(c1)nc1n2[C@@H](CNCc2nccs2)COC1. The predicted octanol–water partition coefficient (Wildman–Crippen LogP) is 2.36. The molecule has 120 valence electrons. The van der Waals surface area contributed by atoms with Gasteiger partial charge in [-0.1, -0.05) is 0 Å². The van der Waals surface area contributed by atoms with Gasteiger partial charge in [0.05, 0.1) is 30.8 Å². The number of methoxy groups -OCH3 is 1. The predicted molar refractivity (Wildman–Crippen MR) is 88.8 cm³/mol. The minimum absolute atomic E-state index is 0.233. The molecule has 0 bridgehead atoms. The summed E-state index contributed by atoms with van der Waals surface area (Å²) >= 11 is 1.67. The lowest BCUT2D eigenvalue weighted by molar-refractivity contribution is 0.0564. The van der Waals surface area contributed by atoms with Crippen molar-refractivity contribution in [3.05, 3.63) is 40.6 Å². The van der Waals surface area contributed by atoms with Crippen LogP contribution < -0.4 is 10.1 Å². The van der Waals surface area contributed by atoms with Gasteiger partial charge >= 0.3 is 0 Å². The number of ether oxygens (including phenoxy) is 2. The monoisotopic (exact) mass is 330 g/mol. The second kappa shape index (κ2) is 6.27. The van der Waals surface area contributed by atoms with Crippen LogP contribution in [0.3, 0.4) is 0 Å². The van der Waals surface area contributed by atoms with Gasteiger partial charge in [-0.15, -0.1) is 11.3 Å². The van der Waals surface area contributed by atoms with Gasteiger partial charge in [-0.2, -0.15) is 0 Å². The second-order valence-corrected chi connectivity index (χ2v) is 6.46. The van der Waals surface area contributed by atoms with Crippen LogP contribution in [-0.2, 0) is 17.9 Å². The minimum Gasteiger partial charge on any atom is -0.497 e. The molecule has 4 rings (SSSR count). The molecule has 0 amide bonds. The van der Waals surface area contributed by atoms with Crippen molar-refractivity contribution >= 4 is 22.4 Å². The molecular weight excluding hydrogens is 312 g/mol. The third-order valence-electron chi connectivity index (χ3n) is 4.02. The van der Waals surface area contributed by atoms with Crippen LogP contribution in [0.5, 0.6) is 5.75 Å². The van der Waals surface area contributed by atoms with Crippen LogP contribution in [0.4, 0.5) is 0 Å². The van der Waals surface area contributed by atoms with Gasteiger partial charge in [-0.25, -0.2) is 9.97 Å². The van der Waals surface area contributed by atoms with Crippen LogP contribution >= 0.6 is 11.3 Å². The van der Waals surface area contributed by atoms with E-state index in [1.807, 2.05) is 23.7 Å². The molecule has 1 atom stereocenters. The molecule has 3 aromatic rings. The number of nitrogens with zero attached hydrogens (tertiary/aromatic N) is 3. The van der Waals surface area contributed by atoms with Gasteiger partial charge in [-0.3, -0.25) is 0 Å². The van der Waals surface area contributed by atoms with Gasteiger partial charge in [0.2, 0.25) is 0 Å². The summed E-state index contributed by atoms with van der Waals surface area (Å²) in [5, 5.41) is 6.56. The molecule has 0 fully saturated rings. The zero-order chi connectivity index (χ0) is 15.6. The Balaban J connectivity index is 1.57. The average molecular weight is 330 g/mol. The number of fused-ring (bicyclic) bond motifs is 3. The van der Waals surface area contributed by atoms with Crippen LogP contribution in [0.1, 0.15) is 16.9 Å². The number of benzene rings is 1. The van der Waals surface area contributed by atoms with Crippen LogP contribution in [0.15, 0.2) is 29.8 Å². The van der Waals surface area contributed by atoms with Crippen LogP contribution in [0, 0.1) is 0 Å². The molecule has 3 heterocycles. The number of nitrogens with one attached hydrogen (secondary N) is 1. The second-order valence-electron chi connectivity index (χ2n) is 5.48. The summed E-state index contributed by atoms with van der Waals surface area (Å²) in [5.74, 6) is 1.80. The number of rotatable bonds is 5. The van der Waals surface area contributed by atoms with E-state index < -0.39 is 0 Å². The average Bonchev–Trinajstić information content (AvgIpc) is 3.21. The number of hydrogen-bond acceptors (Lipinski definition) is 6. The topological polar surface area (TPSA) is 61.2 Å². The van der Waals surface area contributed by atoms with E-state index in [2.05, 4.69) is 25.9 Å². The molecule has 0 saturated heterocycles. The van der Waals surface area contributed by atoms with E-state index in [1.165, 1.54) is 0 Å². The fourth-order valence-electron chi connectivity index (χ4n) is 2.96. The Hall–Kier alpha value is -1.96. The van der Waals surface area contributed by atoms with Crippen molar-refractivity contribution < 1.29 is 9.47 Å². The highest BCUT2D eigenvalue weighted by Gasteiger charge is 2.24. The van der Waals surface area contributed by atoms with Gasteiger partial charge in [0.15, 0.2) is 0 Å². The lowest BCUT2D eigenvalue weighted by atomic mass is 10.2. The normalized spacial score (nSPS) is 17.3. The van der Waals surface area contributed by atoms with Gasteiger partial charge in [0.1, 0.15) is 23.2 Å². The Labute approximate surface area is 138 Å². The molecule has 0 saturated carbocycles. The van der Waals surface area contributed by atoms with E-state index in [0.717, 1.165) is 40.7 Å². The van der Waals surface area contributed by atoms with Gasteiger partial charge < -0.3 is 19.4 Å². The van der Waals surface area contributed by atoms with Crippen molar-refractivity contribution in [1.29, 1.82) is 0 Å². The van der Waals surface area contributed by atoms with Gasteiger partial charge in [-0.05, 0) is 12.1 Å². The number of aromatic nitrogens is 3. The molecule has 1 N–H and O–H groups in total. The molecule has 2 aromatic heterocycles. The van der Waals surface area contributed by atoms with Gasteiger partial charge in [0, 0.05) is 30.7 Å². The summed E-state index contributed by atoms with van der Waals surface area (Å²) < 4.78 is 13.3. The molecule has 6 nitrogen and oxygen atoms in total. The Kier molecular flexibility index (Phi) is 3.99. The first kappa shape index (κ1) is 14.6. The zero-order valence-electron chi connectivity index (χ0n) is 12.9. The standard InChI is InChI=1S/C16H18N4O2S/c1-21-12-2-3-14-13(6-12)19-15-10-22-9-11(20(14)15)7-17-8-16-18-4-5-23-16/h2-6,11,17H,7-10H2,1H3/t11-/m0/s1.